The first-order valence-corrected chi connectivity index (χ1v) is 22.1. The van der Waals surface area contributed by atoms with Crippen LogP contribution in [0.4, 0.5) is 0 Å². The van der Waals surface area contributed by atoms with Crippen molar-refractivity contribution in [3.63, 3.8) is 0 Å². The van der Waals surface area contributed by atoms with Crippen molar-refractivity contribution in [1.29, 1.82) is 0 Å². The van der Waals surface area contributed by atoms with E-state index in [1.54, 1.807) is 0 Å². The Morgan fingerprint density at radius 3 is 0.921 bits per heavy atom. The molecule has 0 aliphatic carbocycles. The lowest BCUT2D eigenvalue weighted by Gasteiger charge is -2.14. The van der Waals surface area contributed by atoms with Crippen LogP contribution in [0.2, 0.25) is 0 Å². The van der Waals surface area contributed by atoms with E-state index in [0.717, 1.165) is 47.3 Å². The van der Waals surface area contributed by atoms with Crippen LogP contribution in [0.3, 0.4) is 0 Å². The van der Waals surface area contributed by atoms with E-state index in [1.165, 1.54) is 55.6 Å². The summed E-state index contributed by atoms with van der Waals surface area (Å²) in [7, 11) is 0. The van der Waals surface area contributed by atoms with Gasteiger partial charge in [0.2, 0.25) is 0 Å². The summed E-state index contributed by atoms with van der Waals surface area (Å²) >= 11 is 0. The first kappa shape index (κ1) is 45.7. The topological polar surface area (TPSA) is 27.7 Å². The molecule has 320 valence electrons. The molecule has 0 aliphatic heterocycles. The molecule has 3 nitrogen and oxygen atoms in total. The zero-order valence-electron chi connectivity index (χ0n) is 38.3. The van der Waals surface area contributed by atoms with Crippen molar-refractivity contribution in [3.05, 3.63) is 250 Å². The predicted octanol–water partition coefficient (Wildman–Crippen LogP) is 17.0. The molecule has 3 heteroatoms. The summed E-state index contributed by atoms with van der Waals surface area (Å²) in [5.74, 6) is 6.20. The first-order valence-electron chi connectivity index (χ1n) is 22.1. The summed E-state index contributed by atoms with van der Waals surface area (Å²) in [5.41, 5.74) is 13.0. The van der Waals surface area contributed by atoms with Gasteiger partial charge in [0.15, 0.2) is 0 Å². The maximum atomic E-state index is 5.94. The van der Waals surface area contributed by atoms with E-state index in [2.05, 4.69) is 159 Å². The van der Waals surface area contributed by atoms with E-state index in [-0.39, 0.29) is 0 Å². The Morgan fingerprint density at radius 2 is 0.556 bits per heavy atom. The third-order valence-corrected chi connectivity index (χ3v) is 11.0. The number of benzene rings is 8. The van der Waals surface area contributed by atoms with Gasteiger partial charge in [0.1, 0.15) is 34.5 Å². The maximum absolute atomic E-state index is 5.94. The maximum Gasteiger partial charge on any atom is 0.127 e. The minimum atomic E-state index is 0.414. The molecular formula is C60H62O3. The third kappa shape index (κ3) is 15.2. The molecule has 0 amide bonds. The Balaban J connectivity index is 0.000000174. The second-order valence-corrected chi connectivity index (χ2v) is 16.9. The lowest BCUT2D eigenvalue weighted by atomic mass is 9.93. The molecule has 0 fully saturated rings. The van der Waals surface area contributed by atoms with Gasteiger partial charge in [-0.2, -0.15) is 0 Å². The van der Waals surface area contributed by atoms with Crippen LogP contribution in [0.15, 0.2) is 194 Å². The molecule has 2 atom stereocenters. The average Bonchev–Trinajstić information content (AvgIpc) is 3.28. The van der Waals surface area contributed by atoms with E-state index < -0.39 is 0 Å². The first-order chi connectivity index (χ1) is 30.4. The minimum absolute atomic E-state index is 0.414. The van der Waals surface area contributed by atoms with Crippen LogP contribution in [0.5, 0.6) is 34.5 Å². The van der Waals surface area contributed by atoms with Crippen LogP contribution in [0, 0.1) is 41.5 Å². The van der Waals surface area contributed by atoms with Crippen molar-refractivity contribution in [2.45, 2.75) is 80.1 Å². The second-order valence-electron chi connectivity index (χ2n) is 16.9. The van der Waals surface area contributed by atoms with Gasteiger partial charge in [0, 0.05) is 0 Å². The molecule has 0 saturated carbocycles. The van der Waals surface area contributed by atoms with Crippen LogP contribution < -0.4 is 14.2 Å². The largest absolute Gasteiger partial charge is 0.457 e. The molecular weight excluding hydrogens is 769 g/mol. The summed E-state index contributed by atoms with van der Waals surface area (Å²) in [4.78, 5) is 0. The summed E-state index contributed by atoms with van der Waals surface area (Å²) in [6.45, 7) is 17.1. The molecule has 8 aromatic carbocycles. The SMILES string of the molecule is Cc1ccc(CC(C)c2ccc(C)cc2)cc1.Cc1ccc(Oc2ccc(CC(C)c3ccc(Oc4ccc(C)cc4)cc3)cc2)cc1.Cc1ccc(Oc2cccc(C)c2)cc1. The standard InChI is InChI=1S/C29H28O2.C17H20.C14H14O/c1-21-4-12-26(13-5-21)30-28-16-8-24(9-17-28)20-23(3)25-10-18-29(19-11-25)31-27-14-6-22(2)7-15-27;1-13-4-8-16(9-5-13)12-15(3)17-10-6-14(2)7-11-17;1-11-6-8-13(9-7-11)15-14-5-3-4-12(2)10-14/h4-19,23H,20H2,1-3H3;4-11,15H,12H2,1-3H3;3-10H,1-2H3. The highest BCUT2D eigenvalue weighted by molar-refractivity contribution is 5.38. The molecule has 0 spiro atoms. The number of hydrogen-bond donors (Lipinski definition) is 0. The van der Waals surface area contributed by atoms with Gasteiger partial charge in [-0.25, -0.2) is 0 Å². The van der Waals surface area contributed by atoms with E-state index >= 15 is 0 Å². The quantitative estimate of drug-likeness (QED) is 0.123. The Bertz CT molecular complexity index is 2550. The molecule has 0 saturated heterocycles. The molecule has 0 aliphatic rings. The fourth-order valence-electron chi connectivity index (χ4n) is 7.03. The van der Waals surface area contributed by atoms with Crippen molar-refractivity contribution in [1.82, 2.24) is 0 Å². The number of ether oxygens (including phenoxy) is 3. The average molecular weight is 831 g/mol. The molecule has 0 N–H and O–H groups in total. The van der Waals surface area contributed by atoms with Crippen molar-refractivity contribution in [2.75, 3.05) is 0 Å². The Hall–Kier alpha value is -6.84. The van der Waals surface area contributed by atoms with E-state index in [4.69, 9.17) is 14.2 Å². The Labute approximate surface area is 377 Å². The predicted molar refractivity (Wildman–Crippen MR) is 264 cm³/mol. The summed E-state index contributed by atoms with van der Waals surface area (Å²) in [6, 6.07) is 66.9. The smallest absolute Gasteiger partial charge is 0.127 e. The van der Waals surface area contributed by atoms with E-state index in [9.17, 15) is 0 Å². The fourth-order valence-corrected chi connectivity index (χ4v) is 7.03. The van der Waals surface area contributed by atoms with Crippen molar-refractivity contribution in [3.8, 4) is 34.5 Å². The highest BCUT2D eigenvalue weighted by atomic mass is 16.5. The van der Waals surface area contributed by atoms with Gasteiger partial charge < -0.3 is 14.2 Å². The summed E-state index contributed by atoms with van der Waals surface area (Å²) < 4.78 is 17.6. The number of rotatable bonds is 12. The Kier molecular flexibility index (Phi) is 16.6. The summed E-state index contributed by atoms with van der Waals surface area (Å²) in [5, 5.41) is 0. The molecule has 0 bridgehead atoms. The number of hydrogen-bond acceptors (Lipinski definition) is 3. The fraction of sp³-hybridized carbons (Fsp3) is 0.200. The zero-order valence-corrected chi connectivity index (χ0v) is 38.3. The molecule has 8 rings (SSSR count). The van der Waals surface area contributed by atoms with Crippen LogP contribution in [-0.4, -0.2) is 0 Å². The van der Waals surface area contributed by atoms with Gasteiger partial charge in [0.05, 0.1) is 0 Å². The van der Waals surface area contributed by atoms with Crippen LogP contribution in [-0.2, 0) is 12.8 Å². The van der Waals surface area contributed by atoms with Gasteiger partial charge in [-0.05, 0) is 167 Å². The molecule has 63 heavy (non-hydrogen) atoms. The molecule has 2 unspecified atom stereocenters. The molecule has 0 radical (unpaired) electrons. The minimum Gasteiger partial charge on any atom is -0.457 e. The number of aryl methyl sites for hydroxylation is 6. The summed E-state index contributed by atoms with van der Waals surface area (Å²) in [6.07, 6.45) is 2.09. The lowest BCUT2D eigenvalue weighted by molar-refractivity contribution is 0.481. The van der Waals surface area contributed by atoms with Crippen molar-refractivity contribution < 1.29 is 14.2 Å². The van der Waals surface area contributed by atoms with Gasteiger partial charge in [-0.3, -0.25) is 0 Å². The lowest BCUT2D eigenvalue weighted by Crippen LogP contribution is -1.98. The Morgan fingerprint density at radius 1 is 0.286 bits per heavy atom. The molecule has 0 aromatic heterocycles. The zero-order chi connectivity index (χ0) is 44.6. The second kappa shape index (κ2) is 22.8. The van der Waals surface area contributed by atoms with Crippen molar-refractivity contribution in [2.24, 2.45) is 0 Å². The highest BCUT2D eigenvalue weighted by Crippen LogP contribution is 2.28. The van der Waals surface area contributed by atoms with E-state index in [0.29, 0.717) is 11.8 Å². The van der Waals surface area contributed by atoms with Gasteiger partial charge >= 0.3 is 0 Å². The van der Waals surface area contributed by atoms with Gasteiger partial charge in [-0.15, -0.1) is 0 Å². The van der Waals surface area contributed by atoms with Crippen LogP contribution >= 0.6 is 0 Å². The normalized spacial score (nSPS) is 11.5. The third-order valence-electron chi connectivity index (χ3n) is 11.0. The molecule has 8 aromatic rings. The monoisotopic (exact) mass is 830 g/mol. The van der Waals surface area contributed by atoms with Crippen LogP contribution in [0.1, 0.15) is 81.3 Å². The highest BCUT2D eigenvalue weighted by Gasteiger charge is 2.09. The van der Waals surface area contributed by atoms with Crippen molar-refractivity contribution >= 4 is 0 Å². The molecule has 0 heterocycles. The van der Waals surface area contributed by atoms with E-state index in [1.807, 2.05) is 91.0 Å². The van der Waals surface area contributed by atoms with Gasteiger partial charge in [-0.1, -0.05) is 163 Å². The van der Waals surface area contributed by atoms with Crippen LogP contribution in [0.25, 0.3) is 0 Å². The van der Waals surface area contributed by atoms with Gasteiger partial charge in [0.25, 0.3) is 0 Å².